The van der Waals surface area contributed by atoms with Gasteiger partial charge in [0.15, 0.2) is 5.13 Å². The molecule has 0 radical (unpaired) electrons. The lowest BCUT2D eigenvalue weighted by Crippen LogP contribution is -2.22. The van der Waals surface area contributed by atoms with Crippen LogP contribution in [0.25, 0.3) is 0 Å². The monoisotopic (exact) mass is 380 g/mol. The summed E-state index contributed by atoms with van der Waals surface area (Å²) in [6.07, 6.45) is 1.39. The second kappa shape index (κ2) is 8.24. The van der Waals surface area contributed by atoms with E-state index in [1.54, 1.807) is 17.5 Å². The first-order valence-corrected chi connectivity index (χ1v) is 8.86. The van der Waals surface area contributed by atoms with Crippen LogP contribution in [0.15, 0.2) is 65.1 Å². The van der Waals surface area contributed by atoms with Gasteiger partial charge in [-0.2, -0.15) is 5.10 Å². The van der Waals surface area contributed by atoms with E-state index in [0.29, 0.717) is 10.8 Å². The molecule has 1 heterocycles. The molecule has 136 valence electrons. The summed E-state index contributed by atoms with van der Waals surface area (Å²) in [5.74, 6) is -0.607. The minimum Gasteiger partial charge on any atom is -0.508 e. The van der Waals surface area contributed by atoms with Crippen LogP contribution in [0, 0.1) is 0 Å². The Labute approximate surface area is 159 Å². The molecule has 2 aromatic carbocycles. The number of thiazole rings is 1. The lowest BCUT2D eigenvalue weighted by molar-refractivity contribution is -0.115. The number of carbonyl (C=O) groups is 2. The van der Waals surface area contributed by atoms with Crippen molar-refractivity contribution in [1.82, 2.24) is 10.4 Å². The Morgan fingerprint density at radius 3 is 2.67 bits per heavy atom. The number of phenolic OH excluding ortho intramolecular Hbond substituents is 1. The summed E-state index contributed by atoms with van der Waals surface area (Å²) in [6, 6.07) is 15.2. The molecule has 2 N–H and O–H groups in total. The van der Waals surface area contributed by atoms with E-state index in [4.69, 9.17) is 0 Å². The molecule has 0 saturated heterocycles. The van der Waals surface area contributed by atoms with Crippen molar-refractivity contribution >= 4 is 40.2 Å². The van der Waals surface area contributed by atoms with E-state index in [9.17, 15) is 14.7 Å². The average molecular weight is 380 g/mol. The van der Waals surface area contributed by atoms with E-state index in [2.05, 4.69) is 15.5 Å². The number of benzene rings is 2. The highest BCUT2D eigenvalue weighted by atomic mass is 32.1. The molecular weight excluding hydrogens is 364 g/mol. The van der Waals surface area contributed by atoms with E-state index in [1.165, 1.54) is 41.5 Å². The van der Waals surface area contributed by atoms with Crippen molar-refractivity contribution in [3.8, 4) is 5.75 Å². The number of aromatic nitrogens is 1. The third-order valence-corrected chi connectivity index (χ3v) is 4.35. The molecule has 0 saturated carbocycles. The minimum atomic E-state index is -0.452. The maximum absolute atomic E-state index is 12.0. The van der Waals surface area contributed by atoms with Gasteiger partial charge in [-0.25, -0.2) is 10.4 Å². The summed E-state index contributed by atoms with van der Waals surface area (Å²) in [5.41, 5.74) is 3.89. The van der Waals surface area contributed by atoms with E-state index >= 15 is 0 Å². The lowest BCUT2D eigenvalue weighted by atomic mass is 10.2. The third-order valence-electron chi connectivity index (χ3n) is 3.50. The number of anilines is 2. The predicted molar refractivity (Wildman–Crippen MR) is 105 cm³/mol. The molecule has 0 unspecified atom stereocenters. The van der Waals surface area contributed by atoms with Crippen LogP contribution < -0.4 is 10.3 Å². The van der Waals surface area contributed by atoms with Gasteiger partial charge in [0.25, 0.3) is 5.91 Å². The van der Waals surface area contributed by atoms with Gasteiger partial charge in [0.1, 0.15) is 5.75 Å². The number of hydrazone groups is 1. The number of rotatable bonds is 5. The van der Waals surface area contributed by atoms with E-state index in [-0.39, 0.29) is 17.2 Å². The minimum absolute atomic E-state index is 0.000934. The van der Waals surface area contributed by atoms with E-state index < -0.39 is 5.91 Å². The van der Waals surface area contributed by atoms with Gasteiger partial charge in [-0.05, 0) is 30.3 Å². The molecule has 8 heteroatoms. The van der Waals surface area contributed by atoms with E-state index in [0.717, 1.165) is 5.69 Å². The first-order valence-electron chi connectivity index (χ1n) is 7.98. The molecule has 0 spiro atoms. The molecule has 0 aliphatic heterocycles. The molecular formula is C19H16N4O3S. The number of nitrogens with one attached hydrogen (secondary N) is 1. The average Bonchev–Trinajstić information content (AvgIpc) is 3.10. The van der Waals surface area contributed by atoms with Crippen molar-refractivity contribution in [2.75, 3.05) is 4.90 Å². The molecule has 7 nitrogen and oxygen atoms in total. The molecule has 27 heavy (non-hydrogen) atoms. The fraction of sp³-hybridized carbons (Fsp3) is 0.0526. The maximum Gasteiger partial charge on any atom is 0.271 e. The van der Waals surface area contributed by atoms with Gasteiger partial charge >= 0.3 is 0 Å². The second-order valence-corrected chi connectivity index (χ2v) is 6.33. The van der Waals surface area contributed by atoms with Crippen molar-refractivity contribution in [3.63, 3.8) is 0 Å². The van der Waals surface area contributed by atoms with Crippen molar-refractivity contribution in [3.05, 3.63) is 71.2 Å². The summed E-state index contributed by atoms with van der Waals surface area (Å²) in [6.45, 7) is 1.47. The molecule has 3 aromatic rings. The van der Waals surface area contributed by atoms with Gasteiger partial charge < -0.3 is 5.11 Å². The van der Waals surface area contributed by atoms with Gasteiger partial charge in [0.2, 0.25) is 5.91 Å². The number of hydrogen-bond donors (Lipinski definition) is 2. The zero-order valence-corrected chi connectivity index (χ0v) is 15.2. The van der Waals surface area contributed by atoms with Crippen LogP contribution in [0.3, 0.4) is 0 Å². The largest absolute Gasteiger partial charge is 0.508 e. The van der Waals surface area contributed by atoms with E-state index in [1.807, 2.05) is 30.3 Å². The first kappa shape index (κ1) is 18.3. The number of hydrogen-bond acceptors (Lipinski definition) is 6. The van der Waals surface area contributed by atoms with Crippen molar-refractivity contribution in [2.24, 2.45) is 5.10 Å². The van der Waals surface area contributed by atoms with Crippen LogP contribution in [0.1, 0.15) is 23.0 Å². The molecule has 2 amide bonds. The van der Waals surface area contributed by atoms with Crippen LogP contribution in [0.4, 0.5) is 10.8 Å². The van der Waals surface area contributed by atoms with Crippen LogP contribution in [-0.2, 0) is 4.79 Å². The van der Waals surface area contributed by atoms with Gasteiger partial charge in [0, 0.05) is 17.9 Å². The quantitative estimate of drug-likeness (QED) is 0.524. The van der Waals surface area contributed by atoms with Crippen LogP contribution in [-0.4, -0.2) is 28.1 Å². The summed E-state index contributed by atoms with van der Waals surface area (Å²) in [4.78, 5) is 29.9. The highest BCUT2D eigenvalue weighted by Crippen LogP contribution is 2.28. The van der Waals surface area contributed by atoms with Crippen molar-refractivity contribution < 1.29 is 14.7 Å². The fourth-order valence-corrected chi connectivity index (χ4v) is 3.15. The SMILES string of the molecule is CC(=O)N(c1ccccc1)c1nc(/C=N\NC(=O)c2cccc(O)c2)cs1. The standard InChI is InChI=1S/C19H16N4O3S/c1-13(24)23(16-7-3-2-4-8-16)19-21-15(12-27-19)11-20-22-18(26)14-6-5-9-17(25)10-14/h2-12,25H,1H3,(H,22,26)/b20-11-. The molecule has 0 aliphatic carbocycles. The highest BCUT2D eigenvalue weighted by Gasteiger charge is 2.17. The number of nitrogens with zero attached hydrogens (tertiary/aromatic N) is 3. The molecule has 0 aliphatic rings. The molecule has 0 fully saturated rings. The summed E-state index contributed by atoms with van der Waals surface area (Å²) in [5, 5.41) is 15.5. The van der Waals surface area contributed by atoms with Crippen LogP contribution in [0.5, 0.6) is 5.75 Å². The second-order valence-electron chi connectivity index (χ2n) is 5.49. The van der Waals surface area contributed by atoms with Crippen molar-refractivity contribution in [2.45, 2.75) is 6.92 Å². The topological polar surface area (TPSA) is 94.9 Å². The molecule has 0 bridgehead atoms. The lowest BCUT2D eigenvalue weighted by Gasteiger charge is -2.17. The van der Waals surface area contributed by atoms with Gasteiger partial charge in [0.05, 0.1) is 17.6 Å². The molecule has 0 atom stereocenters. The Morgan fingerprint density at radius 1 is 1.19 bits per heavy atom. The summed E-state index contributed by atoms with van der Waals surface area (Å²) < 4.78 is 0. The Bertz CT molecular complexity index is 985. The van der Waals surface area contributed by atoms with Gasteiger partial charge in [-0.1, -0.05) is 24.3 Å². The Morgan fingerprint density at radius 2 is 1.96 bits per heavy atom. The number of phenols is 1. The van der Waals surface area contributed by atoms with Gasteiger partial charge in [-0.3, -0.25) is 14.5 Å². The Kier molecular flexibility index (Phi) is 5.58. The highest BCUT2D eigenvalue weighted by molar-refractivity contribution is 7.14. The van der Waals surface area contributed by atoms with Crippen LogP contribution >= 0.6 is 11.3 Å². The Balaban J connectivity index is 1.71. The zero-order valence-electron chi connectivity index (χ0n) is 14.4. The maximum atomic E-state index is 12.0. The summed E-state index contributed by atoms with van der Waals surface area (Å²) in [7, 11) is 0. The van der Waals surface area contributed by atoms with Crippen molar-refractivity contribution in [1.29, 1.82) is 0 Å². The third kappa shape index (κ3) is 4.56. The summed E-state index contributed by atoms with van der Waals surface area (Å²) >= 11 is 1.29. The molecule has 3 rings (SSSR count). The van der Waals surface area contributed by atoms with Gasteiger partial charge in [-0.15, -0.1) is 11.3 Å². The number of carbonyl (C=O) groups excluding carboxylic acids is 2. The normalized spacial score (nSPS) is 10.7. The number of amides is 2. The number of para-hydroxylation sites is 1. The Hall–Kier alpha value is -3.52. The smallest absolute Gasteiger partial charge is 0.271 e. The first-order chi connectivity index (χ1) is 13.0. The molecule has 1 aromatic heterocycles. The number of aromatic hydroxyl groups is 1. The zero-order chi connectivity index (χ0) is 19.2. The predicted octanol–water partition coefficient (Wildman–Crippen LogP) is 3.30. The van der Waals surface area contributed by atoms with Crippen LogP contribution in [0.2, 0.25) is 0 Å². The fourth-order valence-electron chi connectivity index (χ4n) is 2.31.